The van der Waals surface area contributed by atoms with Gasteiger partial charge >= 0.3 is 0 Å². The number of para-hydroxylation sites is 1. The number of rotatable bonds is 6. The summed E-state index contributed by atoms with van der Waals surface area (Å²) < 4.78 is 0. The molecule has 0 amide bonds. The quantitative estimate of drug-likeness (QED) is 0.846. The van der Waals surface area contributed by atoms with Crippen molar-refractivity contribution < 1.29 is 5.11 Å². The van der Waals surface area contributed by atoms with Crippen LogP contribution in [0.5, 0.6) is 0 Å². The molecule has 1 aliphatic rings. The molecule has 0 saturated carbocycles. The first kappa shape index (κ1) is 15.9. The van der Waals surface area contributed by atoms with Gasteiger partial charge in [0.15, 0.2) is 0 Å². The van der Waals surface area contributed by atoms with Crippen molar-refractivity contribution in [2.24, 2.45) is 0 Å². The largest absolute Gasteiger partial charge is 0.388 e. The zero-order valence-corrected chi connectivity index (χ0v) is 13.8. The number of anilines is 2. The van der Waals surface area contributed by atoms with Crippen molar-refractivity contribution in [1.82, 2.24) is 0 Å². The smallest absolute Gasteiger partial charge is 0.0807 e. The lowest BCUT2D eigenvalue weighted by Crippen LogP contribution is -2.25. The molecule has 2 aromatic rings. The third-order valence-corrected chi connectivity index (χ3v) is 4.63. The molecule has 122 valence electrons. The molecule has 3 nitrogen and oxygen atoms in total. The standard InChI is InChI=1S/C20H26N2O/c1-2-22(18-8-4-3-5-9-18)14-12-20(23)17-10-11-19-16(15-17)7-6-13-21-19/h3-5,8-11,15,20-21,23H,2,6-7,12-14H2,1H3. The van der Waals surface area contributed by atoms with E-state index in [2.05, 4.69) is 59.6 Å². The van der Waals surface area contributed by atoms with E-state index in [1.165, 1.54) is 23.4 Å². The molecular weight excluding hydrogens is 284 g/mol. The molecule has 0 bridgehead atoms. The van der Waals surface area contributed by atoms with E-state index in [9.17, 15) is 5.11 Å². The Kier molecular flexibility index (Phi) is 5.19. The highest BCUT2D eigenvalue weighted by molar-refractivity contribution is 5.54. The Labute approximate surface area is 139 Å². The number of aliphatic hydroxyl groups excluding tert-OH is 1. The van der Waals surface area contributed by atoms with Gasteiger partial charge in [0.2, 0.25) is 0 Å². The lowest BCUT2D eigenvalue weighted by molar-refractivity contribution is 0.169. The first-order valence-corrected chi connectivity index (χ1v) is 8.62. The van der Waals surface area contributed by atoms with E-state index in [4.69, 9.17) is 0 Å². The van der Waals surface area contributed by atoms with Crippen LogP contribution in [0.15, 0.2) is 48.5 Å². The van der Waals surface area contributed by atoms with Gasteiger partial charge in [0, 0.05) is 31.0 Å². The van der Waals surface area contributed by atoms with Crippen LogP contribution in [0.2, 0.25) is 0 Å². The highest BCUT2D eigenvalue weighted by Gasteiger charge is 2.14. The minimum atomic E-state index is -0.403. The van der Waals surface area contributed by atoms with Gasteiger partial charge in [-0.2, -0.15) is 0 Å². The van der Waals surface area contributed by atoms with E-state index >= 15 is 0 Å². The van der Waals surface area contributed by atoms with Crippen LogP contribution in [-0.4, -0.2) is 24.7 Å². The number of hydrogen-bond acceptors (Lipinski definition) is 3. The number of aryl methyl sites for hydroxylation is 1. The summed E-state index contributed by atoms with van der Waals surface area (Å²) >= 11 is 0. The second-order valence-corrected chi connectivity index (χ2v) is 6.17. The number of nitrogens with zero attached hydrogens (tertiary/aromatic N) is 1. The summed E-state index contributed by atoms with van der Waals surface area (Å²) in [6, 6.07) is 16.7. The number of nitrogens with one attached hydrogen (secondary N) is 1. The van der Waals surface area contributed by atoms with Crippen LogP contribution in [0.3, 0.4) is 0 Å². The third-order valence-electron chi connectivity index (χ3n) is 4.63. The predicted molar refractivity (Wildman–Crippen MR) is 97.2 cm³/mol. The van der Waals surface area contributed by atoms with Crippen LogP contribution >= 0.6 is 0 Å². The lowest BCUT2D eigenvalue weighted by atomic mass is 9.97. The molecule has 1 heterocycles. The van der Waals surface area contributed by atoms with E-state index in [0.29, 0.717) is 0 Å². The summed E-state index contributed by atoms with van der Waals surface area (Å²) in [5.41, 5.74) is 4.82. The topological polar surface area (TPSA) is 35.5 Å². The summed E-state index contributed by atoms with van der Waals surface area (Å²) in [4.78, 5) is 2.31. The fourth-order valence-corrected chi connectivity index (χ4v) is 3.26. The van der Waals surface area contributed by atoms with E-state index < -0.39 is 6.10 Å². The molecule has 0 spiro atoms. The summed E-state index contributed by atoms with van der Waals surface area (Å²) in [7, 11) is 0. The molecule has 1 aliphatic heterocycles. The van der Waals surface area contributed by atoms with Gasteiger partial charge in [-0.05, 0) is 55.5 Å². The maximum atomic E-state index is 10.6. The monoisotopic (exact) mass is 310 g/mol. The Balaban J connectivity index is 1.63. The maximum Gasteiger partial charge on any atom is 0.0807 e. The number of hydrogen-bond donors (Lipinski definition) is 2. The van der Waals surface area contributed by atoms with Gasteiger partial charge in [0.1, 0.15) is 0 Å². The van der Waals surface area contributed by atoms with Gasteiger partial charge in [0.05, 0.1) is 6.10 Å². The fraction of sp³-hybridized carbons (Fsp3) is 0.400. The highest BCUT2D eigenvalue weighted by atomic mass is 16.3. The van der Waals surface area contributed by atoms with Crippen LogP contribution in [0, 0.1) is 0 Å². The van der Waals surface area contributed by atoms with E-state index in [-0.39, 0.29) is 0 Å². The molecule has 0 saturated heterocycles. The third kappa shape index (κ3) is 3.85. The van der Waals surface area contributed by atoms with Gasteiger partial charge in [0.25, 0.3) is 0 Å². The van der Waals surface area contributed by atoms with E-state index in [1.54, 1.807) is 0 Å². The molecule has 0 aliphatic carbocycles. The maximum absolute atomic E-state index is 10.6. The summed E-state index contributed by atoms with van der Waals surface area (Å²) in [6.07, 6.45) is 2.62. The van der Waals surface area contributed by atoms with Crippen molar-refractivity contribution >= 4 is 11.4 Å². The molecule has 23 heavy (non-hydrogen) atoms. The molecule has 1 atom stereocenters. The van der Waals surface area contributed by atoms with Crippen LogP contribution in [-0.2, 0) is 6.42 Å². The Bertz CT molecular complexity index is 627. The number of aliphatic hydroxyl groups is 1. The van der Waals surface area contributed by atoms with Gasteiger partial charge in [-0.1, -0.05) is 30.3 Å². The van der Waals surface area contributed by atoms with Crippen molar-refractivity contribution in [3.05, 3.63) is 59.7 Å². The van der Waals surface area contributed by atoms with Crippen LogP contribution in [0.25, 0.3) is 0 Å². The summed E-state index contributed by atoms with van der Waals surface area (Å²) in [6.45, 7) is 5.02. The van der Waals surface area contributed by atoms with Gasteiger partial charge in [-0.25, -0.2) is 0 Å². The average molecular weight is 310 g/mol. The number of benzene rings is 2. The first-order valence-electron chi connectivity index (χ1n) is 8.62. The highest BCUT2D eigenvalue weighted by Crippen LogP contribution is 2.27. The van der Waals surface area contributed by atoms with Crippen molar-refractivity contribution in [2.75, 3.05) is 29.9 Å². The molecule has 0 aromatic heterocycles. The van der Waals surface area contributed by atoms with Crippen molar-refractivity contribution in [3.8, 4) is 0 Å². The lowest BCUT2D eigenvalue weighted by Gasteiger charge is -2.25. The normalized spacial score (nSPS) is 14.7. The van der Waals surface area contributed by atoms with Crippen LogP contribution in [0.4, 0.5) is 11.4 Å². The first-order chi connectivity index (χ1) is 11.3. The van der Waals surface area contributed by atoms with Crippen LogP contribution < -0.4 is 10.2 Å². The molecule has 0 fully saturated rings. The van der Waals surface area contributed by atoms with Crippen molar-refractivity contribution in [3.63, 3.8) is 0 Å². The number of fused-ring (bicyclic) bond motifs is 1. The summed E-state index contributed by atoms with van der Waals surface area (Å²) in [5.74, 6) is 0. The molecule has 3 heteroatoms. The van der Waals surface area contributed by atoms with E-state index in [0.717, 1.165) is 38.0 Å². The Hall–Kier alpha value is -2.00. The van der Waals surface area contributed by atoms with E-state index in [1.807, 2.05) is 6.07 Å². The van der Waals surface area contributed by atoms with Crippen LogP contribution in [0.1, 0.15) is 37.0 Å². The molecule has 2 N–H and O–H groups in total. The Morgan fingerprint density at radius 3 is 2.78 bits per heavy atom. The summed E-state index contributed by atoms with van der Waals surface area (Å²) in [5, 5.41) is 14.0. The second kappa shape index (κ2) is 7.51. The minimum absolute atomic E-state index is 0.403. The van der Waals surface area contributed by atoms with Crippen molar-refractivity contribution in [1.29, 1.82) is 0 Å². The Morgan fingerprint density at radius 2 is 2.00 bits per heavy atom. The fourth-order valence-electron chi connectivity index (χ4n) is 3.26. The van der Waals surface area contributed by atoms with Crippen molar-refractivity contribution in [2.45, 2.75) is 32.3 Å². The zero-order valence-electron chi connectivity index (χ0n) is 13.8. The zero-order chi connectivity index (χ0) is 16.1. The SMILES string of the molecule is CCN(CCC(O)c1ccc2c(c1)CCCN2)c1ccccc1. The van der Waals surface area contributed by atoms with Gasteiger partial charge in [-0.15, -0.1) is 0 Å². The average Bonchev–Trinajstić information content (AvgIpc) is 2.62. The molecule has 1 unspecified atom stereocenters. The molecule has 3 rings (SSSR count). The van der Waals surface area contributed by atoms with Gasteiger partial charge < -0.3 is 15.3 Å². The second-order valence-electron chi connectivity index (χ2n) is 6.17. The predicted octanol–water partition coefficient (Wildman–Crippen LogP) is 3.99. The molecule has 0 radical (unpaired) electrons. The van der Waals surface area contributed by atoms with Gasteiger partial charge in [-0.3, -0.25) is 0 Å². The Morgan fingerprint density at radius 1 is 1.17 bits per heavy atom. The molecular formula is C20H26N2O. The molecule has 2 aromatic carbocycles. The minimum Gasteiger partial charge on any atom is -0.388 e.